The molecule has 1 rings (SSSR count). The summed E-state index contributed by atoms with van der Waals surface area (Å²) in [6, 6.07) is 7.30. The van der Waals surface area contributed by atoms with Gasteiger partial charge in [-0.25, -0.2) is 0 Å². The van der Waals surface area contributed by atoms with Crippen molar-refractivity contribution in [1.29, 1.82) is 0 Å². The van der Waals surface area contributed by atoms with Crippen molar-refractivity contribution in [2.75, 3.05) is 6.67 Å². The van der Waals surface area contributed by atoms with Gasteiger partial charge in [-0.2, -0.15) is 0 Å². The zero-order valence-electron chi connectivity index (χ0n) is 12.3. The highest BCUT2D eigenvalue weighted by Crippen LogP contribution is 2.21. The molecule has 0 spiro atoms. The number of hydrogen-bond donors (Lipinski definition) is 2. The van der Waals surface area contributed by atoms with Crippen molar-refractivity contribution >= 4 is 11.7 Å². The molecule has 0 saturated carbocycles. The molecule has 0 bridgehead atoms. The van der Waals surface area contributed by atoms with E-state index in [1.165, 1.54) is 0 Å². The van der Waals surface area contributed by atoms with Crippen LogP contribution in [0.1, 0.15) is 43.1 Å². The molecule has 0 atom stereocenters. The number of benzene rings is 1. The third kappa shape index (κ3) is 4.55. The van der Waals surface area contributed by atoms with Crippen LogP contribution in [0.2, 0.25) is 0 Å². The van der Waals surface area contributed by atoms with Crippen molar-refractivity contribution in [2.24, 2.45) is 5.73 Å². The molecule has 20 heavy (non-hydrogen) atoms. The van der Waals surface area contributed by atoms with Gasteiger partial charge in [-0.15, -0.1) is 0 Å². The Balaban J connectivity index is 3.06. The first-order chi connectivity index (χ1) is 9.62. The van der Waals surface area contributed by atoms with Gasteiger partial charge in [0.25, 0.3) is 5.91 Å². The van der Waals surface area contributed by atoms with Crippen LogP contribution in [-0.2, 0) is 4.74 Å². The topological polar surface area (TPSA) is 64.3 Å². The lowest BCUT2D eigenvalue weighted by Gasteiger charge is -2.12. The molecular formula is C16H22N2O2. The molecular weight excluding hydrogens is 252 g/mol. The molecule has 0 aromatic heterocycles. The van der Waals surface area contributed by atoms with E-state index in [2.05, 4.69) is 5.32 Å². The second kappa shape index (κ2) is 8.17. The predicted octanol–water partition coefficient (Wildman–Crippen LogP) is 3.02. The molecule has 1 amide bonds. The first kappa shape index (κ1) is 16.0. The average Bonchev–Trinajstić information content (AvgIpc) is 2.47. The van der Waals surface area contributed by atoms with E-state index >= 15 is 0 Å². The molecule has 3 N–H and O–H groups in total. The van der Waals surface area contributed by atoms with Gasteiger partial charge in [-0.05, 0) is 44.6 Å². The second-order valence-electron chi connectivity index (χ2n) is 4.27. The van der Waals surface area contributed by atoms with Crippen molar-refractivity contribution in [1.82, 2.24) is 5.32 Å². The SMILES string of the molecule is C/C=C(/C)O/C(=C/CC)c1cccc(C(=O)NCN)c1. The smallest absolute Gasteiger partial charge is 0.252 e. The van der Waals surface area contributed by atoms with E-state index in [4.69, 9.17) is 10.5 Å². The Hall–Kier alpha value is -2.07. The van der Waals surface area contributed by atoms with Gasteiger partial charge in [0.05, 0.1) is 12.4 Å². The normalized spacial score (nSPS) is 12.2. The highest BCUT2D eigenvalue weighted by atomic mass is 16.5. The summed E-state index contributed by atoms with van der Waals surface area (Å²) in [6.45, 7) is 5.98. The average molecular weight is 274 g/mol. The molecule has 108 valence electrons. The third-order valence-corrected chi connectivity index (χ3v) is 2.74. The van der Waals surface area contributed by atoms with E-state index in [0.29, 0.717) is 5.56 Å². The Morgan fingerprint density at radius 2 is 2.10 bits per heavy atom. The minimum absolute atomic E-state index is 0.120. The fraction of sp³-hybridized carbons (Fsp3) is 0.312. The summed E-state index contributed by atoms with van der Waals surface area (Å²) in [6.07, 6.45) is 4.74. The molecule has 4 heteroatoms. The number of ether oxygens (including phenoxy) is 1. The van der Waals surface area contributed by atoms with Crippen LogP contribution >= 0.6 is 0 Å². The Bertz CT molecular complexity index is 519. The zero-order chi connectivity index (χ0) is 15.0. The van der Waals surface area contributed by atoms with Crippen molar-refractivity contribution < 1.29 is 9.53 Å². The van der Waals surface area contributed by atoms with Crippen LogP contribution in [-0.4, -0.2) is 12.6 Å². The van der Waals surface area contributed by atoms with Gasteiger partial charge in [0, 0.05) is 11.1 Å². The Labute approximate surface area is 120 Å². The lowest BCUT2D eigenvalue weighted by molar-refractivity contribution is 0.0955. The molecule has 1 aromatic carbocycles. The van der Waals surface area contributed by atoms with E-state index in [1.54, 1.807) is 12.1 Å². The molecule has 0 radical (unpaired) electrons. The van der Waals surface area contributed by atoms with E-state index < -0.39 is 0 Å². The van der Waals surface area contributed by atoms with Crippen molar-refractivity contribution in [3.05, 3.63) is 53.3 Å². The standard InChI is InChI=1S/C16H22N2O2/c1-4-7-15(20-12(3)5-2)13-8-6-9-14(10-13)16(19)18-11-17/h5-10H,4,11,17H2,1-3H3,(H,18,19)/b12-5-,15-7+. The zero-order valence-corrected chi connectivity index (χ0v) is 12.3. The molecule has 0 unspecified atom stereocenters. The molecule has 0 saturated heterocycles. The van der Waals surface area contributed by atoms with Crippen LogP contribution in [0.25, 0.3) is 5.76 Å². The lowest BCUT2D eigenvalue weighted by atomic mass is 10.1. The maximum Gasteiger partial charge on any atom is 0.252 e. The molecule has 0 heterocycles. The van der Waals surface area contributed by atoms with E-state index in [-0.39, 0.29) is 12.6 Å². The summed E-state index contributed by atoms with van der Waals surface area (Å²) < 4.78 is 5.79. The molecule has 0 fully saturated rings. The van der Waals surface area contributed by atoms with E-state index in [9.17, 15) is 4.79 Å². The number of carbonyl (C=O) groups excluding carboxylic acids is 1. The number of rotatable bonds is 6. The summed E-state index contributed by atoms with van der Waals surface area (Å²) in [5.74, 6) is 1.39. The predicted molar refractivity (Wildman–Crippen MR) is 81.7 cm³/mol. The first-order valence-corrected chi connectivity index (χ1v) is 6.72. The van der Waals surface area contributed by atoms with Gasteiger partial charge >= 0.3 is 0 Å². The number of amides is 1. The van der Waals surface area contributed by atoms with E-state index in [0.717, 1.165) is 23.5 Å². The van der Waals surface area contributed by atoms with Crippen LogP contribution < -0.4 is 11.1 Å². The number of carbonyl (C=O) groups is 1. The number of nitrogens with two attached hydrogens (primary N) is 1. The van der Waals surface area contributed by atoms with Crippen LogP contribution in [0.5, 0.6) is 0 Å². The van der Waals surface area contributed by atoms with Gasteiger partial charge in [0.15, 0.2) is 0 Å². The maximum atomic E-state index is 11.8. The summed E-state index contributed by atoms with van der Waals surface area (Å²) in [7, 11) is 0. The highest BCUT2D eigenvalue weighted by molar-refractivity contribution is 5.94. The molecule has 0 aliphatic heterocycles. The molecule has 1 aromatic rings. The number of allylic oxidation sites excluding steroid dienone is 3. The Kier molecular flexibility index (Phi) is 6.53. The minimum atomic E-state index is -0.187. The third-order valence-electron chi connectivity index (χ3n) is 2.74. The van der Waals surface area contributed by atoms with E-state index in [1.807, 2.05) is 45.1 Å². The van der Waals surface area contributed by atoms with Crippen LogP contribution in [0.4, 0.5) is 0 Å². The van der Waals surface area contributed by atoms with Crippen molar-refractivity contribution in [3.63, 3.8) is 0 Å². The fourth-order valence-electron chi connectivity index (χ4n) is 1.64. The lowest BCUT2D eigenvalue weighted by Crippen LogP contribution is -2.29. The monoisotopic (exact) mass is 274 g/mol. The van der Waals surface area contributed by atoms with Gasteiger partial charge < -0.3 is 15.8 Å². The Morgan fingerprint density at radius 1 is 1.40 bits per heavy atom. The van der Waals surface area contributed by atoms with Crippen LogP contribution in [0.3, 0.4) is 0 Å². The van der Waals surface area contributed by atoms with Gasteiger partial charge in [-0.3, -0.25) is 4.79 Å². The fourth-order valence-corrected chi connectivity index (χ4v) is 1.64. The molecule has 4 nitrogen and oxygen atoms in total. The minimum Gasteiger partial charge on any atom is -0.462 e. The second-order valence-corrected chi connectivity index (χ2v) is 4.27. The summed E-state index contributed by atoms with van der Waals surface area (Å²) >= 11 is 0. The van der Waals surface area contributed by atoms with Gasteiger partial charge in [0.1, 0.15) is 5.76 Å². The molecule has 0 aliphatic carbocycles. The van der Waals surface area contributed by atoms with Crippen LogP contribution in [0.15, 0.2) is 42.2 Å². The largest absolute Gasteiger partial charge is 0.462 e. The van der Waals surface area contributed by atoms with Gasteiger partial charge in [-0.1, -0.05) is 19.1 Å². The maximum absolute atomic E-state index is 11.8. The molecule has 0 aliphatic rings. The summed E-state index contributed by atoms with van der Waals surface area (Å²) in [5, 5.41) is 2.58. The van der Waals surface area contributed by atoms with Crippen molar-refractivity contribution in [3.8, 4) is 0 Å². The van der Waals surface area contributed by atoms with Crippen molar-refractivity contribution in [2.45, 2.75) is 27.2 Å². The van der Waals surface area contributed by atoms with Gasteiger partial charge in [0.2, 0.25) is 0 Å². The quantitative estimate of drug-likeness (QED) is 0.619. The number of hydrogen-bond acceptors (Lipinski definition) is 3. The number of nitrogens with one attached hydrogen (secondary N) is 1. The van der Waals surface area contributed by atoms with Crippen LogP contribution in [0, 0.1) is 0 Å². The first-order valence-electron chi connectivity index (χ1n) is 6.72. The summed E-state index contributed by atoms with van der Waals surface area (Å²) in [4.78, 5) is 11.8. The summed E-state index contributed by atoms with van der Waals surface area (Å²) in [5.41, 5.74) is 6.76. The Morgan fingerprint density at radius 3 is 2.70 bits per heavy atom. The highest BCUT2D eigenvalue weighted by Gasteiger charge is 2.08.